The molecule has 1 atom stereocenters. The number of rotatable bonds is 3. The van der Waals surface area contributed by atoms with Gasteiger partial charge in [-0.2, -0.15) is 0 Å². The summed E-state index contributed by atoms with van der Waals surface area (Å²) in [5.41, 5.74) is 1.84. The van der Waals surface area contributed by atoms with Crippen molar-refractivity contribution in [2.24, 2.45) is 0 Å². The molecule has 0 amide bonds. The highest BCUT2D eigenvalue weighted by Gasteiger charge is 2.12. The Kier molecular flexibility index (Phi) is 3.67. The standard InChI is InChI=1S/C13H16FNO/c14-12-7-11(8-15-9-12)13(16)6-10-4-2-1-3-5-10/h4,7-9,13,16H,1-3,5-6H2. The number of aliphatic hydroxyl groups excluding tert-OH is 1. The number of nitrogens with zero attached hydrogens (tertiary/aromatic N) is 1. The summed E-state index contributed by atoms with van der Waals surface area (Å²) in [6, 6.07) is 1.35. The zero-order chi connectivity index (χ0) is 11.4. The molecule has 0 saturated carbocycles. The molecule has 0 spiro atoms. The van der Waals surface area contributed by atoms with Crippen molar-refractivity contribution < 1.29 is 9.50 Å². The van der Waals surface area contributed by atoms with Crippen molar-refractivity contribution in [3.8, 4) is 0 Å². The van der Waals surface area contributed by atoms with Crippen LogP contribution in [0, 0.1) is 5.82 Å². The van der Waals surface area contributed by atoms with Crippen LogP contribution >= 0.6 is 0 Å². The lowest BCUT2D eigenvalue weighted by Gasteiger charge is -2.16. The van der Waals surface area contributed by atoms with E-state index in [4.69, 9.17) is 0 Å². The van der Waals surface area contributed by atoms with Crippen LogP contribution in [0.4, 0.5) is 4.39 Å². The molecule has 3 heteroatoms. The average Bonchev–Trinajstić information content (AvgIpc) is 2.30. The van der Waals surface area contributed by atoms with Crippen LogP contribution in [0.5, 0.6) is 0 Å². The van der Waals surface area contributed by atoms with Gasteiger partial charge in [-0.15, -0.1) is 0 Å². The fourth-order valence-corrected chi connectivity index (χ4v) is 2.07. The van der Waals surface area contributed by atoms with Gasteiger partial charge >= 0.3 is 0 Å². The molecule has 0 aromatic carbocycles. The molecule has 1 heterocycles. The van der Waals surface area contributed by atoms with Gasteiger partial charge in [0.05, 0.1) is 12.3 Å². The molecular formula is C13H16FNO. The molecule has 2 rings (SSSR count). The normalized spacial score (nSPS) is 18.0. The third-order valence-electron chi connectivity index (χ3n) is 2.95. The molecule has 2 nitrogen and oxygen atoms in total. The summed E-state index contributed by atoms with van der Waals surface area (Å²) in [7, 11) is 0. The van der Waals surface area contributed by atoms with Gasteiger partial charge in [0, 0.05) is 11.8 Å². The Morgan fingerprint density at radius 1 is 1.38 bits per heavy atom. The van der Waals surface area contributed by atoms with Crippen molar-refractivity contribution in [1.82, 2.24) is 4.98 Å². The van der Waals surface area contributed by atoms with E-state index in [0.717, 1.165) is 19.0 Å². The predicted octanol–water partition coefficient (Wildman–Crippen LogP) is 3.14. The number of allylic oxidation sites excluding steroid dienone is 1. The fourth-order valence-electron chi connectivity index (χ4n) is 2.07. The van der Waals surface area contributed by atoms with Crippen LogP contribution in [-0.2, 0) is 0 Å². The maximum absolute atomic E-state index is 12.9. The Morgan fingerprint density at radius 3 is 2.94 bits per heavy atom. The second-order valence-electron chi connectivity index (χ2n) is 4.26. The molecule has 0 fully saturated rings. The predicted molar refractivity (Wildman–Crippen MR) is 60.3 cm³/mol. The van der Waals surface area contributed by atoms with Gasteiger partial charge < -0.3 is 5.11 Å². The first-order valence-electron chi connectivity index (χ1n) is 5.72. The van der Waals surface area contributed by atoms with E-state index in [0.29, 0.717) is 12.0 Å². The third-order valence-corrected chi connectivity index (χ3v) is 2.95. The van der Waals surface area contributed by atoms with Gasteiger partial charge in [0.25, 0.3) is 0 Å². The molecule has 16 heavy (non-hydrogen) atoms. The summed E-state index contributed by atoms with van der Waals surface area (Å²) in [6.07, 6.45) is 9.43. The smallest absolute Gasteiger partial charge is 0.141 e. The lowest BCUT2D eigenvalue weighted by Crippen LogP contribution is -2.02. The average molecular weight is 221 g/mol. The van der Waals surface area contributed by atoms with Gasteiger partial charge in [-0.1, -0.05) is 11.6 Å². The van der Waals surface area contributed by atoms with E-state index < -0.39 is 11.9 Å². The summed E-state index contributed by atoms with van der Waals surface area (Å²) in [6.45, 7) is 0. The van der Waals surface area contributed by atoms with E-state index in [-0.39, 0.29) is 0 Å². The van der Waals surface area contributed by atoms with Crippen LogP contribution in [0.25, 0.3) is 0 Å². The van der Waals surface area contributed by atoms with Crippen LogP contribution < -0.4 is 0 Å². The number of aliphatic hydroxyl groups is 1. The van der Waals surface area contributed by atoms with E-state index in [1.165, 1.54) is 30.7 Å². The van der Waals surface area contributed by atoms with Crippen LogP contribution in [0.3, 0.4) is 0 Å². The lowest BCUT2D eigenvalue weighted by molar-refractivity contribution is 0.175. The van der Waals surface area contributed by atoms with Crippen LogP contribution in [0.15, 0.2) is 30.1 Å². The summed E-state index contributed by atoms with van der Waals surface area (Å²) in [5.74, 6) is -0.394. The maximum Gasteiger partial charge on any atom is 0.141 e. The maximum atomic E-state index is 12.9. The second-order valence-corrected chi connectivity index (χ2v) is 4.26. The minimum Gasteiger partial charge on any atom is -0.388 e. The molecule has 0 saturated heterocycles. The lowest BCUT2D eigenvalue weighted by atomic mass is 9.93. The minimum absolute atomic E-state index is 0.394. The zero-order valence-corrected chi connectivity index (χ0v) is 9.19. The van der Waals surface area contributed by atoms with Crippen molar-refractivity contribution in [3.63, 3.8) is 0 Å². The molecule has 0 radical (unpaired) electrons. The van der Waals surface area contributed by atoms with Crippen LogP contribution in [0.1, 0.15) is 43.8 Å². The molecule has 1 N–H and O–H groups in total. The fraction of sp³-hybridized carbons (Fsp3) is 0.462. The molecule has 0 bridgehead atoms. The zero-order valence-electron chi connectivity index (χ0n) is 9.19. The van der Waals surface area contributed by atoms with Gasteiger partial charge in [0.15, 0.2) is 0 Å². The molecule has 1 aromatic rings. The Hall–Kier alpha value is -1.22. The first-order chi connectivity index (χ1) is 7.75. The van der Waals surface area contributed by atoms with Crippen molar-refractivity contribution in [3.05, 3.63) is 41.5 Å². The molecule has 86 valence electrons. The van der Waals surface area contributed by atoms with E-state index in [9.17, 15) is 9.50 Å². The second kappa shape index (κ2) is 5.21. The molecule has 1 aromatic heterocycles. The Bertz CT molecular complexity index is 389. The Morgan fingerprint density at radius 2 is 2.25 bits per heavy atom. The highest BCUT2D eigenvalue weighted by atomic mass is 19.1. The molecule has 1 aliphatic rings. The molecule has 1 unspecified atom stereocenters. The Balaban J connectivity index is 2.02. The van der Waals surface area contributed by atoms with Crippen molar-refractivity contribution in [2.45, 2.75) is 38.2 Å². The number of halogens is 1. The monoisotopic (exact) mass is 221 g/mol. The number of pyridine rings is 1. The topological polar surface area (TPSA) is 33.1 Å². The summed E-state index contributed by atoms with van der Waals surface area (Å²) in [5, 5.41) is 9.95. The highest BCUT2D eigenvalue weighted by molar-refractivity contribution is 5.17. The summed E-state index contributed by atoms with van der Waals surface area (Å²) < 4.78 is 12.9. The van der Waals surface area contributed by atoms with Gasteiger partial charge in [-0.05, 0) is 38.2 Å². The quantitative estimate of drug-likeness (QED) is 0.795. The van der Waals surface area contributed by atoms with Crippen molar-refractivity contribution in [2.75, 3.05) is 0 Å². The molecular weight excluding hydrogens is 205 g/mol. The van der Waals surface area contributed by atoms with E-state index in [1.54, 1.807) is 0 Å². The van der Waals surface area contributed by atoms with E-state index in [1.807, 2.05) is 0 Å². The van der Waals surface area contributed by atoms with E-state index >= 15 is 0 Å². The molecule has 0 aliphatic heterocycles. The first-order valence-corrected chi connectivity index (χ1v) is 5.72. The number of aromatic nitrogens is 1. The van der Waals surface area contributed by atoms with Crippen molar-refractivity contribution in [1.29, 1.82) is 0 Å². The largest absolute Gasteiger partial charge is 0.388 e. The van der Waals surface area contributed by atoms with Crippen LogP contribution in [0.2, 0.25) is 0 Å². The number of hydrogen-bond donors (Lipinski definition) is 1. The summed E-state index contributed by atoms with van der Waals surface area (Å²) >= 11 is 0. The first kappa shape index (κ1) is 11.3. The summed E-state index contributed by atoms with van der Waals surface area (Å²) in [4.78, 5) is 3.74. The van der Waals surface area contributed by atoms with Gasteiger partial charge in [-0.25, -0.2) is 4.39 Å². The van der Waals surface area contributed by atoms with Crippen LogP contribution in [-0.4, -0.2) is 10.1 Å². The number of hydrogen-bond acceptors (Lipinski definition) is 2. The third kappa shape index (κ3) is 2.89. The Labute approximate surface area is 94.8 Å². The SMILES string of the molecule is OC(CC1=CCCCC1)c1cncc(F)c1. The van der Waals surface area contributed by atoms with Gasteiger partial charge in [-0.3, -0.25) is 4.98 Å². The minimum atomic E-state index is -0.632. The van der Waals surface area contributed by atoms with Crippen molar-refractivity contribution >= 4 is 0 Å². The van der Waals surface area contributed by atoms with Gasteiger partial charge in [0.2, 0.25) is 0 Å². The highest BCUT2D eigenvalue weighted by Crippen LogP contribution is 2.27. The molecule has 1 aliphatic carbocycles. The van der Waals surface area contributed by atoms with E-state index in [2.05, 4.69) is 11.1 Å². The van der Waals surface area contributed by atoms with Gasteiger partial charge in [0.1, 0.15) is 5.82 Å².